The van der Waals surface area contributed by atoms with Crippen LogP contribution < -0.4 is 20.3 Å². The highest BCUT2D eigenvalue weighted by atomic mass is 19.4. The number of nitrogens with one attached hydrogen (secondary N) is 2. The van der Waals surface area contributed by atoms with Gasteiger partial charge >= 0.3 is 6.18 Å². The third-order valence-corrected chi connectivity index (χ3v) is 6.08. The molecule has 1 heterocycles. The lowest BCUT2D eigenvalue weighted by Crippen LogP contribution is -2.32. The molecule has 7 nitrogen and oxygen atoms in total. The maximum absolute atomic E-state index is 12.8. The zero-order valence-electron chi connectivity index (χ0n) is 20.5. The van der Waals surface area contributed by atoms with Crippen LogP contribution in [0.1, 0.15) is 23.1 Å². The molecule has 1 aliphatic rings. The van der Waals surface area contributed by atoms with E-state index in [9.17, 15) is 27.6 Å². The van der Waals surface area contributed by atoms with Gasteiger partial charge in [0.05, 0.1) is 11.5 Å². The van der Waals surface area contributed by atoms with Gasteiger partial charge in [-0.3, -0.25) is 14.4 Å². The maximum atomic E-state index is 12.8. The van der Waals surface area contributed by atoms with Gasteiger partial charge in [-0.05, 0) is 55.0 Å². The number of hydrogen-bond donors (Lipinski definition) is 2. The van der Waals surface area contributed by atoms with Gasteiger partial charge in [0.1, 0.15) is 5.75 Å². The van der Waals surface area contributed by atoms with Gasteiger partial charge in [-0.15, -0.1) is 0 Å². The Morgan fingerprint density at radius 1 is 1.03 bits per heavy atom. The highest BCUT2D eigenvalue weighted by Crippen LogP contribution is 2.31. The van der Waals surface area contributed by atoms with Crippen LogP contribution in [0.25, 0.3) is 0 Å². The van der Waals surface area contributed by atoms with Crippen molar-refractivity contribution in [2.45, 2.75) is 26.1 Å². The molecule has 0 aliphatic carbocycles. The quantitative estimate of drug-likeness (QED) is 0.446. The van der Waals surface area contributed by atoms with Crippen LogP contribution in [0.3, 0.4) is 0 Å². The lowest BCUT2D eigenvalue weighted by atomic mass is 10.1. The number of hydrogen-bond acceptors (Lipinski definition) is 4. The third-order valence-electron chi connectivity index (χ3n) is 6.08. The normalized spacial score (nSPS) is 15.3. The fraction of sp³-hybridized carbons (Fsp3) is 0.250. The van der Waals surface area contributed by atoms with Crippen molar-refractivity contribution in [3.05, 3.63) is 89.5 Å². The van der Waals surface area contributed by atoms with Gasteiger partial charge < -0.3 is 20.3 Å². The number of carbonyl (C=O) groups excluding carboxylic acids is 3. The van der Waals surface area contributed by atoms with E-state index in [2.05, 4.69) is 10.6 Å². The van der Waals surface area contributed by atoms with E-state index in [1.165, 1.54) is 17.0 Å². The number of nitrogens with zero attached hydrogens (tertiary/aromatic N) is 1. The van der Waals surface area contributed by atoms with Gasteiger partial charge in [-0.2, -0.15) is 13.2 Å². The average molecular weight is 526 g/mol. The predicted molar refractivity (Wildman–Crippen MR) is 135 cm³/mol. The summed E-state index contributed by atoms with van der Waals surface area (Å²) in [5, 5.41) is 5.26. The summed E-state index contributed by atoms with van der Waals surface area (Å²) < 4.78 is 43.9. The topological polar surface area (TPSA) is 87.7 Å². The van der Waals surface area contributed by atoms with Gasteiger partial charge in [0, 0.05) is 30.9 Å². The Hall–Kier alpha value is -4.34. The van der Waals surface area contributed by atoms with Crippen molar-refractivity contribution in [3.8, 4) is 5.75 Å². The summed E-state index contributed by atoms with van der Waals surface area (Å²) >= 11 is 0. The van der Waals surface area contributed by atoms with Gasteiger partial charge in [-0.1, -0.05) is 35.9 Å². The van der Waals surface area contributed by atoms with Crippen LogP contribution in [-0.2, 0) is 27.1 Å². The minimum absolute atomic E-state index is 0.00813. The van der Waals surface area contributed by atoms with Crippen LogP contribution in [0, 0.1) is 12.8 Å². The maximum Gasteiger partial charge on any atom is 0.416 e. The SMILES string of the molecule is Cc1ccc(CNC(=O)[C@@H]2CC(=O)N(c3ccc(OCC(=O)Nc4cccc(C(F)(F)F)c4)cc3)C2)cc1. The molecule has 3 amide bonds. The van der Waals surface area contributed by atoms with Gasteiger partial charge in [0.25, 0.3) is 5.91 Å². The molecular weight excluding hydrogens is 499 g/mol. The second kappa shape index (κ2) is 11.4. The van der Waals surface area contributed by atoms with E-state index in [4.69, 9.17) is 4.74 Å². The monoisotopic (exact) mass is 525 g/mol. The molecule has 1 fully saturated rings. The Morgan fingerprint density at radius 2 is 1.74 bits per heavy atom. The summed E-state index contributed by atoms with van der Waals surface area (Å²) in [6.45, 7) is 2.21. The van der Waals surface area contributed by atoms with Gasteiger partial charge in [-0.25, -0.2) is 0 Å². The van der Waals surface area contributed by atoms with Crippen molar-refractivity contribution < 1.29 is 32.3 Å². The van der Waals surface area contributed by atoms with Crippen molar-refractivity contribution in [3.63, 3.8) is 0 Å². The van der Waals surface area contributed by atoms with Gasteiger partial charge in [0.15, 0.2) is 6.61 Å². The number of alkyl halides is 3. The number of benzene rings is 3. The van der Waals surface area contributed by atoms with Crippen molar-refractivity contribution in [2.24, 2.45) is 5.92 Å². The summed E-state index contributed by atoms with van der Waals surface area (Å²) in [6, 6.07) is 18.6. The first-order chi connectivity index (χ1) is 18.1. The first kappa shape index (κ1) is 26.7. The summed E-state index contributed by atoms with van der Waals surface area (Å²) in [5.41, 5.74) is 1.84. The number of rotatable bonds is 8. The second-order valence-corrected chi connectivity index (χ2v) is 9.02. The number of carbonyl (C=O) groups is 3. The lowest BCUT2D eigenvalue weighted by molar-refractivity contribution is -0.137. The van der Waals surface area contributed by atoms with Crippen molar-refractivity contribution >= 4 is 29.1 Å². The predicted octanol–water partition coefficient (Wildman–Crippen LogP) is 4.70. The molecular formula is C28H26F3N3O4. The number of halogens is 3. The van der Waals surface area contributed by atoms with Crippen LogP contribution in [0.5, 0.6) is 5.75 Å². The van der Waals surface area contributed by atoms with Gasteiger partial charge in [0.2, 0.25) is 11.8 Å². The average Bonchev–Trinajstić information content (AvgIpc) is 3.28. The summed E-state index contributed by atoms with van der Waals surface area (Å²) in [4.78, 5) is 38.8. The fourth-order valence-electron chi connectivity index (χ4n) is 4.01. The molecule has 1 aliphatic heterocycles. The van der Waals surface area contributed by atoms with E-state index >= 15 is 0 Å². The van der Waals surface area contributed by atoms with Crippen LogP contribution >= 0.6 is 0 Å². The summed E-state index contributed by atoms with van der Waals surface area (Å²) in [6.07, 6.45) is -4.41. The second-order valence-electron chi connectivity index (χ2n) is 9.02. The first-order valence-corrected chi connectivity index (χ1v) is 11.9. The molecule has 0 aromatic heterocycles. The standard InChI is InChI=1S/C28H26F3N3O4/c1-18-5-7-19(8-6-18)15-32-27(37)20-13-26(36)34(16-20)23-9-11-24(12-10-23)38-17-25(35)33-22-4-2-3-21(14-22)28(29,30)31/h2-12,14,20H,13,15-17H2,1H3,(H,32,37)(H,33,35)/t20-/m1/s1. The lowest BCUT2D eigenvalue weighted by Gasteiger charge is -2.17. The molecule has 0 radical (unpaired) electrons. The molecule has 10 heteroatoms. The van der Waals surface area contributed by atoms with Crippen molar-refractivity contribution in [2.75, 3.05) is 23.4 Å². The molecule has 3 aromatic carbocycles. The molecule has 198 valence electrons. The number of aryl methyl sites for hydroxylation is 1. The zero-order chi connectivity index (χ0) is 27.3. The number of anilines is 2. The molecule has 3 aromatic rings. The first-order valence-electron chi connectivity index (χ1n) is 11.9. The van der Waals surface area contributed by atoms with E-state index in [1.54, 1.807) is 24.3 Å². The Bertz CT molecular complexity index is 1310. The molecule has 0 unspecified atom stereocenters. The molecule has 38 heavy (non-hydrogen) atoms. The molecule has 0 bridgehead atoms. The van der Waals surface area contributed by atoms with E-state index in [1.807, 2.05) is 31.2 Å². The minimum atomic E-state index is -4.51. The van der Waals surface area contributed by atoms with Crippen LogP contribution in [0.4, 0.5) is 24.5 Å². The third kappa shape index (κ3) is 6.90. The summed E-state index contributed by atoms with van der Waals surface area (Å²) in [7, 11) is 0. The Kier molecular flexibility index (Phi) is 7.99. The highest BCUT2D eigenvalue weighted by molar-refractivity contribution is 6.00. The number of ether oxygens (including phenoxy) is 1. The molecule has 0 saturated carbocycles. The Morgan fingerprint density at radius 3 is 2.42 bits per heavy atom. The molecule has 2 N–H and O–H groups in total. The van der Waals surface area contributed by atoms with Crippen LogP contribution in [-0.4, -0.2) is 30.9 Å². The van der Waals surface area contributed by atoms with Crippen LogP contribution in [0.15, 0.2) is 72.8 Å². The van der Waals surface area contributed by atoms with E-state index in [0.29, 0.717) is 18.0 Å². The van der Waals surface area contributed by atoms with Crippen molar-refractivity contribution in [1.82, 2.24) is 5.32 Å². The smallest absolute Gasteiger partial charge is 0.416 e. The highest BCUT2D eigenvalue weighted by Gasteiger charge is 2.35. The largest absolute Gasteiger partial charge is 0.484 e. The Balaban J connectivity index is 1.26. The van der Waals surface area contributed by atoms with Crippen molar-refractivity contribution in [1.29, 1.82) is 0 Å². The molecule has 4 rings (SSSR count). The fourth-order valence-corrected chi connectivity index (χ4v) is 4.01. The Labute approximate surface area is 217 Å². The molecule has 1 atom stereocenters. The minimum Gasteiger partial charge on any atom is -0.484 e. The van der Waals surface area contributed by atoms with E-state index < -0.39 is 30.2 Å². The molecule has 0 spiro atoms. The number of amides is 3. The van der Waals surface area contributed by atoms with Crippen LogP contribution in [0.2, 0.25) is 0 Å². The van der Waals surface area contributed by atoms with E-state index in [0.717, 1.165) is 23.3 Å². The molecule has 1 saturated heterocycles. The zero-order valence-corrected chi connectivity index (χ0v) is 20.5. The summed E-state index contributed by atoms with van der Waals surface area (Å²) in [5.74, 6) is -1.11. The van der Waals surface area contributed by atoms with E-state index in [-0.39, 0.29) is 30.5 Å².